The van der Waals surface area contributed by atoms with Crippen LogP contribution in [0.5, 0.6) is 5.75 Å². The van der Waals surface area contributed by atoms with Crippen molar-refractivity contribution in [2.45, 2.75) is 33.2 Å². The normalized spacial score (nSPS) is 18.0. The third-order valence-electron chi connectivity index (χ3n) is 5.37. The molecule has 1 fully saturated rings. The molecule has 0 aliphatic carbocycles. The standard InChI is InChI=1S/C24H27N3O4/c1-15(2)14-31-19-11-9-18(10-12-19)24(5)22(29)27(23(30)26-24)13-21(28)25-20-8-6-7-16(3)17(20)4/h6-12H,1,13-14H2,2-5H3,(H,25,28)(H,26,30). The van der Waals surface area contributed by atoms with E-state index in [9.17, 15) is 14.4 Å². The molecule has 31 heavy (non-hydrogen) atoms. The zero-order chi connectivity index (χ0) is 22.8. The number of urea groups is 1. The number of aryl methyl sites for hydroxylation is 1. The first kappa shape index (κ1) is 22.1. The predicted octanol–water partition coefficient (Wildman–Crippen LogP) is 3.66. The van der Waals surface area contributed by atoms with Crippen molar-refractivity contribution in [1.29, 1.82) is 0 Å². The molecule has 0 aromatic heterocycles. The highest BCUT2D eigenvalue weighted by molar-refractivity contribution is 6.10. The van der Waals surface area contributed by atoms with Gasteiger partial charge in [-0.3, -0.25) is 14.5 Å². The van der Waals surface area contributed by atoms with Crippen LogP contribution in [0, 0.1) is 13.8 Å². The topological polar surface area (TPSA) is 87.7 Å². The second-order valence-corrected chi connectivity index (χ2v) is 8.01. The minimum Gasteiger partial charge on any atom is -0.489 e. The Bertz CT molecular complexity index is 1050. The minimum absolute atomic E-state index is 0.368. The number of hydrogen-bond acceptors (Lipinski definition) is 4. The molecule has 0 saturated carbocycles. The summed E-state index contributed by atoms with van der Waals surface area (Å²) in [5.41, 5.74) is 2.87. The van der Waals surface area contributed by atoms with Gasteiger partial charge in [0, 0.05) is 5.69 Å². The lowest BCUT2D eigenvalue weighted by atomic mass is 9.92. The lowest BCUT2D eigenvalue weighted by Gasteiger charge is -2.22. The third-order valence-corrected chi connectivity index (χ3v) is 5.37. The molecule has 1 aliphatic rings. The number of carbonyl (C=O) groups excluding carboxylic acids is 3. The number of nitrogens with zero attached hydrogens (tertiary/aromatic N) is 1. The fraction of sp³-hybridized carbons (Fsp3) is 0.292. The van der Waals surface area contributed by atoms with Crippen LogP contribution >= 0.6 is 0 Å². The number of hydrogen-bond donors (Lipinski definition) is 2. The number of benzene rings is 2. The molecule has 1 atom stereocenters. The Morgan fingerprint density at radius 2 is 1.84 bits per heavy atom. The smallest absolute Gasteiger partial charge is 0.325 e. The van der Waals surface area contributed by atoms with Crippen molar-refractivity contribution in [3.8, 4) is 5.75 Å². The van der Waals surface area contributed by atoms with Crippen molar-refractivity contribution in [2.24, 2.45) is 0 Å². The van der Waals surface area contributed by atoms with E-state index in [1.165, 1.54) is 0 Å². The molecular weight excluding hydrogens is 394 g/mol. The Morgan fingerprint density at radius 1 is 1.16 bits per heavy atom. The van der Waals surface area contributed by atoms with Crippen molar-refractivity contribution in [1.82, 2.24) is 10.2 Å². The highest BCUT2D eigenvalue weighted by atomic mass is 16.5. The van der Waals surface area contributed by atoms with Gasteiger partial charge in [0.2, 0.25) is 5.91 Å². The molecule has 1 saturated heterocycles. The number of anilines is 1. The molecule has 2 N–H and O–H groups in total. The largest absolute Gasteiger partial charge is 0.489 e. The van der Waals surface area contributed by atoms with Crippen molar-refractivity contribution >= 4 is 23.5 Å². The molecule has 2 aromatic carbocycles. The number of nitrogens with one attached hydrogen (secondary N) is 2. The van der Waals surface area contributed by atoms with E-state index in [2.05, 4.69) is 17.2 Å². The first-order valence-corrected chi connectivity index (χ1v) is 9.99. The van der Waals surface area contributed by atoms with Gasteiger partial charge >= 0.3 is 6.03 Å². The molecule has 0 spiro atoms. The second-order valence-electron chi connectivity index (χ2n) is 8.01. The maximum atomic E-state index is 13.1. The predicted molar refractivity (Wildman–Crippen MR) is 119 cm³/mol. The van der Waals surface area contributed by atoms with E-state index < -0.39 is 23.4 Å². The molecule has 0 bridgehead atoms. The van der Waals surface area contributed by atoms with Crippen molar-refractivity contribution in [3.63, 3.8) is 0 Å². The summed E-state index contributed by atoms with van der Waals surface area (Å²) in [7, 11) is 0. The Morgan fingerprint density at radius 3 is 2.48 bits per heavy atom. The zero-order valence-electron chi connectivity index (χ0n) is 18.2. The summed E-state index contributed by atoms with van der Waals surface area (Å²) < 4.78 is 5.58. The number of imide groups is 1. The van der Waals surface area contributed by atoms with Gasteiger partial charge in [0.15, 0.2) is 0 Å². The molecule has 1 heterocycles. The van der Waals surface area contributed by atoms with E-state index in [0.717, 1.165) is 21.6 Å². The fourth-order valence-electron chi connectivity index (χ4n) is 3.35. The molecule has 4 amide bonds. The van der Waals surface area contributed by atoms with Gasteiger partial charge in [-0.25, -0.2) is 4.79 Å². The molecule has 1 unspecified atom stereocenters. The molecular formula is C24H27N3O4. The van der Waals surface area contributed by atoms with Crippen LogP contribution in [0.2, 0.25) is 0 Å². The zero-order valence-corrected chi connectivity index (χ0v) is 18.2. The Balaban J connectivity index is 1.71. The summed E-state index contributed by atoms with van der Waals surface area (Å²) in [6, 6.07) is 11.9. The summed E-state index contributed by atoms with van der Waals surface area (Å²) in [5.74, 6) is -0.286. The van der Waals surface area contributed by atoms with Crippen LogP contribution in [0.15, 0.2) is 54.6 Å². The van der Waals surface area contributed by atoms with Gasteiger partial charge in [0.05, 0.1) is 0 Å². The number of ether oxygens (including phenoxy) is 1. The molecule has 0 radical (unpaired) electrons. The lowest BCUT2D eigenvalue weighted by Crippen LogP contribution is -2.42. The Labute approximate surface area is 182 Å². The van der Waals surface area contributed by atoms with Crippen LogP contribution in [0.1, 0.15) is 30.5 Å². The number of rotatable bonds is 7. The van der Waals surface area contributed by atoms with Gasteiger partial charge in [-0.15, -0.1) is 0 Å². The summed E-state index contributed by atoms with van der Waals surface area (Å²) >= 11 is 0. The van der Waals surface area contributed by atoms with Crippen LogP contribution in [0.4, 0.5) is 10.5 Å². The van der Waals surface area contributed by atoms with E-state index in [1.807, 2.05) is 32.9 Å². The summed E-state index contributed by atoms with van der Waals surface area (Å²) in [6.07, 6.45) is 0. The van der Waals surface area contributed by atoms with E-state index in [1.54, 1.807) is 37.3 Å². The quantitative estimate of drug-likeness (QED) is 0.528. The van der Waals surface area contributed by atoms with Crippen molar-refractivity contribution < 1.29 is 19.1 Å². The first-order valence-electron chi connectivity index (χ1n) is 9.99. The van der Waals surface area contributed by atoms with Crippen LogP contribution in [-0.4, -0.2) is 35.9 Å². The van der Waals surface area contributed by atoms with E-state index in [-0.39, 0.29) is 6.54 Å². The second kappa shape index (κ2) is 8.63. The van der Waals surface area contributed by atoms with E-state index in [4.69, 9.17) is 4.74 Å². The monoisotopic (exact) mass is 421 g/mol. The maximum absolute atomic E-state index is 13.1. The third kappa shape index (κ3) is 4.60. The van der Waals surface area contributed by atoms with Crippen molar-refractivity contribution in [3.05, 3.63) is 71.3 Å². The van der Waals surface area contributed by atoms with Gasteiger partial charge in [0.25, 0.3) is 5.91 Å². The van der Waals surface area contributed by atoms with Crippen LogP contribution in [0.3, 0.4) is 0 Å². The molecule has 7 heteroatoms. The van der Waals surface area contributed by atoms with E-state index >= 15 is 0 Å². The number of carbonyl (C=O) groups is 3. The van der Waals surface area contributed by atoms with Crippen LogP contribution in [0.25, 0.3) is 0 Å². The molecule has 3 rings (SSSR count). The average molecular weight is 421 g/mol. The summed E-state index contributed by atoms with van der Waals surface area (Å²) in [6.45, 7) is 11.2. The SMILES string of the molecule is C=C(C)COc1ccc(C2(C)NC(=O)N(CC(=O)Nc3cccc(C)c3C)C2=O)cc1. The Hall–Kier alpha value is -3.61. The molecule has 7 nitrogen and oxygen atoms in total. The molecule has 1 aliphatic heterocycles. The summed E-state index contributed by atoms with van der Waals surface area (Å²) in [4.78, 5) is 39.0. The minimum atomic E-state index is -1.26. The highest BCUT2D eigenvalue weighted by Gasteiger charge is 2.49. The number of amides is 4. The average Bonchev–Trinajstić information content (AvgIpc) is 2.94. The van der Waals surface area contributed by atoms with Crippen LogP contribution < -0.4 is 15.4 Å². The van der Waals surface area contributed by atoms with Gasteiger partial charge < -0.3 is 15.4 Å². The highest BCUT2D eigenvalue weighted by Crippen LogP contribution is 2.30. The van der Waals surface area contributed by atoms with Gasteiger partial charge in [-0.2, -0.15) is 0 Å². The first-order chi connectivity index (χ1) is 14.6. The molecule has 162 valence electrons. The van der Waals surface area contributed by atoms with Gasteiger partial charge in [-0.1, -0.05) is 30.8 Å². The fourth-order valence-corrected chi connectivity index (χ4v) is 3.35. The summed E-state index contributed by atoms with van der Waals surface area (Å²) in [5, 5.41) is 5.49. The van der Waals surface area contributed by atoms with Gasteiger partial charge in [0.1, 0.15) is 24.4 Å². The maximum Gasteiger partial charge on any atom is 0.325 e. The van der Waals surface area contributed by atoms with Crippen LogP contribution in [-0.2, 0) is 15.1 Å². The van der Waals surface area contributed by atoms with Gasteiger partial charge in [-0.05, 0) is 68.2 Å². The molecule has 2 aromatic rings. The Kier molecular flexibility index (Phi) is 6.15. The van der Waals surface area contributed by atoms with E-state index in [0.29, 0.717) is 23.6 Å². The lowest BCUT2D eigenvalue weighted by molar-refractivity contribution is -0.133. The van der Waals surface area contributed by atoms with Crippen molar-refractivity contribution in [2.75, 3.05) is 18.5 Å².